The Kier molecular flexibility index (Phi) is 7.87. The van der Waals surface area contributed by atoms with E-state index in [1.165, 1.54) is 12.8 Å². The number of rotatable bonds is 7. The normalized spacial score (nSPS) is 14.0. The summed E-state index contributed by atoms with van der Waals surface area (Å²) in [5.41, 5.74) is 0.821. The summed E-state index contributed by atoms with van der Waals surface area (Å²) in [5.74, 6) is 0.627. The lowest BCUT2D eigenvalue weighted by Crippen LogP contribution is -2.19. The van der Waals surface area contributed by atoms with Crippen LogP contribution in [0.25, 0.3) is 0 Å². The molecule has 0 amide bonds. The summed E-state index contributed by atoms with van der Waals surface area (Å²) in [7, 11) is 0. The molecule has 0 N–H and O–H groups in total. The van der Waals surface area contributed by atoms with Gasteiger partial charge in [-0.1, -0.05) is 58.9 Å². The predicted molar refractivity (Wildman–Crippen MR) is 80.7 cm³/mol. The van der Waals surface area contributed by atoms with E-state index < -0.39 is 0 Å². The minimum atomic E-state index is 0.403. The highest BCUT2D eigenvalue weighted by molar-refractivity contribution is 6.18. The van der Waals surface area contributed by atoms with Crippen molar-refractivity contribution >= 4 is 11.6 Å². The molecule has 1 heteroatoms. The van der Waals surface area contributed by atoms with Crippen molar-refractivity contribution < 1.29 is 0 Å². The zero-order valence-electron chi connectivity index (χ0n) is 12.2. The van der Waals surface area contributed by atoms with Crippen LogP contribution in [0, 0.1) is 10.8 Å². The van der Waals surface area contributed by atoms with E-state index in [-0.39, 0.29) is 0 Å². The maximum atomic E-state index is 5.56. The highest BCUT2D eigenvalue weighted by Crippen LogP contribution is 2.35. The van der Waals surface area contributed by atoms with Gasteiger partial charge >= 0.3 is 0 Å². The molecule has 0 aromatic rings. The fraction of sp³-hybridized carbons (Fsp3) is 0.750. The summed E-state index contributed by atoms with van der Waals surface area (Å²) >= 11 is 5.56. The smallest absolute Gasteiger partial charge is 0.0404 e. The molecule has 17 heavy (non-hydrogen) atoms. The van der Waals surface area contributed by atoms with Crippen molar-refractivity contribution in [2.75, 3.05) is 5.88 Å². The fourth-order valence-corrected chi connectivity index (χ4v) is 2.53. The van der Waals surface area contributed by atoms with Crippen LogP contribution in [0.3, 0.4) is 0 Å². The Morgan fingerprint density at radius 1 is 0.824 bits per heavy atom. The Morgan fingerprint density at radius 2 is 1.35 bits per heavy atom. The Labute approximate surface area is 113 Å². The van der Waals surface area contributed by atoms with Gasteiger partial charge < -0.3 is 0 Å². The van der Waals surface area contributed by atoms with Gasteiger partial charge in [-0.2, -0.15) is 0 Å². The van der Waals surface area contributed by atoms with Gasteiger partial charge in [0.1, 0.15) is 0 Å². The van der Waals surface area contributed by atoms with Crippen LogP contribution < -0.4 is 0 Å². The van der Waals surface area contributed by atoms with E-state index in [1.54, 1.807) is 0 Å². The van der Waals surface area contributed by atoms with Crippen LogP contribution in [0.5, 0.6) is 0 Å². The maximum absolute atomic E-state index is 5.56. The molecule has 0 rings (SSSR count). The van der Waals surface area contributed by atoms with Gasteiger partial charge in [0.05, 0.1) is 0 Å². The Hall–Kier alpha value is -0.230. The van der Waals surface area contributed by atoms with Crippen molar-refractivity contribution in [1.82, 2.24) is 0 Å². The molecule has 0 aromatic carbocycles. The number of alkyl halides is 1. The van der Waals surface area contributed by atoms with Crippen molar-refractivity contribution in [2.24, 2.45) is 10.8 Å². The van der Waals surface area contributed by atoms with Crippen LogP contribution in [0.4, 0.5) is 0 Å². The molecule has 0 aliphatic carbocycles. The van der Waals surface area contributed by atoms with Gasteiger partial charge in [-0.15, -0.1) is 11.6 Å². The van der Waals surface area contributed by atoms with Crippen molar-refractivity contribution in [3.8, 4) is 0 Å². The highest BCUT2D eigenvalue weighted by Gasteiger charge is 2.23. The standard InChI is InChI=1S/C16H29Cl/c1-15(2,3)14-16(4,5)12-10-8-6-7-9-11-13-17/h8-11H,6-7,12-14H2,1-5H3/b10-8+,11-9+. The minimum Gasteiger partial charge on any atom is -0.122 e. The molecule has 0 fully saturated rings. The first-order chi connectivity index (χ1) is 7.77. The van der Waals surface area contributed by atoms with Gasteiger partial charge in [-0.25, -0.2) is 0 Å². The summed E-state index contributed by atoms with van der Waals surface area (Å²) in [4.78, 5) is 0. The minimum absolute atomic E-state index is 0.403. The number of hydrogen-bond acceptors (Lipinski definition) is 0. The van der Waals surface area contributed by atoms with Crippen LogP contribution in [0.2, 0.25) is 0 Å². The van der Waals surface area contributed by atoms with E-state index in [2.05, 4.69) is 52.8 Å². The highest BCUT2D eigenvalue weighted by atomic mass is 35.5. The molecule has 0 saturated carbocycles. The topological polar surface area (TPSA) is 0 Å². The van der Waals surface area contributed by atoms with E-state index in [1.807, 2.05) is 6.08 Å². The molecule has 0 bridgehead atoms. The third kappa shape index (κ3) is 12.0. The molecule has 0 spiro atoms. The lowest BCUT2D eigenvalue weighted by Gasteiger charge is -2.31. The van der Waals surface area contributed by atoms with Gasteiger partial charge in [0, 0.05) is 5.88 Å². The van der Waals surface area contributed by atoms with E-state index in [9.17, 15) is 0 Å². The average Bonchev–Trinajstić information content (AvgIpc) is 2.12. The molecule has 0 unspecified atom stereocenters. The summed E-state index contributed by atoms with van der Waals surface area (Å²) in [6, 6.07) is 0. The first kappa shape index (κ1) is 16.8. The summed E-state index contributed by atoms with van der Waals surface area (Å²) < 4.78 is 0. The molecule has 0 radical (unpaired) electrons. The maximum Gasteiger partial charge on any atom is 0.0404 e. The van der Waals surface area contributed by atoms with Gasteiger partial charge in [-0.05, 0) is 36.5 Å². The molecule has 0 nitrogen and oxygen atoms in total. The zero-order chi connectivity index (χ0) is 13.4. The first-order valence-electron chi connectivity index (χ1n) is 6.63. The number of halogens is 1. The van der Waals surface area contributed by atoms with Crippen LogP contribution in [-0.2, 0) is 0 Å². The molecule has 0 aliphatic heterocycles. The monoisotopic (exact) mass is 256 g/mol. The van der Waals surface area contributed by atoms with Gasteiger partial charge in [0.25, 0.3) is 0 Å². The molecule has 0 saturated heterocycles. The van der Waals surface area contributed by atoms with Crippen LogP contribution in [0.15, 0.2) is 24.3 Å². The Bertz CT molecular complexity index is 241. The predicted octanol–water partition coefficient (Wildman–Crippen LogP) is 5.97. The number of hydrogen-bond donors (Lipinski definition) is 0. The Balaban J connectivity index is 3.85. The van der Waals surface area contributed by atoms with E-state index in [0.29, 0.717) is 16.7 Å². The quantitative estimate of drug-likeness (QED) is 0.299. The van der Waals surface area contributed by atoms with Crippen molar-refractivity contribution in [3.63, 3.8) is 0 Å². The largest absolute Gasteiger partial charge is 0.122 e. The molecule has 0 aromatic heterocycles. The van der Waals surface area contributed by atoms with E-state index in [0.717, 1.165) is 12.8 Å². The van der Waals surface area contributed by atoms with Crippen LogP contribution >= 0.6 is 11.6 Å². The first-order valence-corrected chi connectivity index (χ1v) is 7.16. The summed E-state index contributed by atoms with van der Waals surface area (Å²) in [6.45, 7) is 11.7. The average molecular weight is 257 g/mol. The third-order valence-corrected chi connectivity index (χ3v) is 2.78. The van der Waals surface area contributed by atoms with Gasteiger partial charge in [0.2, 0.25) is 0 Å². The van der Waals surface area contributed by atoms with Crippen LogP contribution in [-0.4, -0.2) is 5.88 Å². The van der Waals surface area contributed by atoms with Crippen molar-refractivity contribution in [2.45, 2.75) is 60.3 Å². The third-order valence-electron chi connectivity index (χ3n) is 2.60. The number of allylic oxidation sites excluding steroid dienone is 4. The molecule has 0 heterocycles. The fourth-order valence-electron chi connectivity index (χ4n) is 2.40. The number of unbranched alkanes of at least 4 members (excludes halogenated alkanes) is 1. The van der Waals surface area contributed by atoms with E-state index in [4.69, 9.17) is 11.6 Å². The molecular formula is C16H29Cl. The zero-order valence-corrected chi connectivity index (χ0v) is 13.0. The second-order valence-corrected chi connectivity index (χ2v) is 7.09. The summed E-state index contributed by atoms with van der Waals surface area (Å²) in [6.07, 6.45) is 13.4. The molecule has 100 valence electrons. The van der Waals surface area contributed by atoms with Crippen molar-refractivity contribution in [1.29, 1.82) is 0 Å². The lowest BCUT2D eigenvalue weighted by molar-refractivity contribution is 0.215. The SMILES string of the molecule is CC(C)(C)CC(C)(C)C/C=C/CC/C=C/CCl. The van der Waals surface area contributed by atoms with E-state index >= 15 is 0 Å². The second-order valence-electron chi connectivity index (χ2n) is 6.78. The van der Waals surface area contributed by atoms with Gasteiger partial charge in [-0.3, -0.25) is 0 Å². The molecular weight excluding hydrogens is 228 g/mol. The summed E-state index contributed by atoms with van der Waals surface area (Å²) in [5, 5.41) is 0. The van der Waals surface area contributed by atoms with Gasteiger partial charge in [0.15, 0.2) is 0 Å². The lowest BCUT2D eigenvalue weighted by atomic mass is 9.74. The van der Waals surface area contributed by atoms with Crippen LogP contribution in [0.1, 0.15) is 60.3 Å². The van der Waals surface area contributed by atoms with Crippen molar-refractivity contribution in [3.05, 3.63) is 24.3 Å². The Morgan fingerprint density at radius 3 is 1.82 bits per heavy atom. The second kappa shape index (κ2) is 7.97. The molecule has 0 atom stereocenters. The molecule has 0 aliphatic rings.